The summed E-state index contributed by atoms with van der Waals surface area (Å²) < 4.78 is 0. The molecule has 3 rings (SSSR count). The topological polar surface area (TPSA) is 41.1 Å². The Kier molecular flexibility index (Phi) is 4.48. The Balaban J connectivity index is 0.00000133. The molecule has 1 aromatic rings. The lowest BCUT2D eigenvalue weighted by Gasteiger charge is -2.34. The zero-order valence-electron chi connectivity index (χ0n) is 11.2. The molecule has 1 amide bonds. The SMILES string of the molecule is CC1NCCCC1NC(=O)C1Cc2ccccc21.Cl. The van der Waals surface area contributed by atoms with Gasteiger partial charge in [-0.15, -0.1) is 12.4 Å². The molecule has 1 saturated heterocycles. The minimum absolute atomic E-state index is 0. The molecule has 2 aliphatic rings. The summed E-state index contributed by atoms with van der Waals surface area (Å²) in [5.41, 5.74) is 2.54. The minimum Gasteiger partial charge on any atom is -0.351 e. The van der Waals surface area contributed by atoms with E-state index >= 15 is 0 Å². The molecule has 104 valence electrons. The van der Waals surface area contributed by atoms with Gasteiger partial charge < -0.3 is 10.6 Å². The fourth-order valence-corrected chi connectivity index (χ4v) is 3.02. The first-order valence-corrected chi connectivity index (χ1v) is 6.87. The second kappa shape index (κ2) is 5.93. The number of amides is 1. The molecule has 3 nitrogen and oxygen atoms in total. The van der Waals surface area contributed by atoms with Gasteiger partial charge in [0.05, 0.1) is 5.92 Å². The highest BCUT2D eigenvalue weighted by Gasteiger charge is 2.33. The normalized spacial score (nSPS) is 28.6. The first-order valence-electron chi connectivity index (χ1n) is 6.87. The van der Waals surface area contributed by atoms with Crippen LogP contribution in [0.5, 0.6) is 0 Å². The Morgan fingerprint density at radius 1 is 1.37 bits per heavy atom. The predicted octanol–water partition coefficient (Wildman–Crippen LogP) is 2.00. The van der Waals surface area contributed by atoms with Crippen LogP contribution >= 0.6 is 12.4 Å². The quantitative estimate of drug-likeness (QED) is 0.870. The van der Waals surface area contributed by atoms with E-state index in [4.69, 9.17) is 0 Å². The number of rotatable bonds is 2. The average molecular weight is 281 g/mol. The summed E-state index contributed by atoms with van der Waals surface area (Å²) in [6.45, 7) is 3.22. The van der Waals surface area contributed by atoms with E-state index in [0.717, 1.165) is 25.8 Å². The number of piperidine rings is 1. The molecular formula is C15H21ClN2O. The van der Waals surface area contributed by atoms with Crippen molar-refractivity contribution in [3.63, 3.8) is 0 Å². The van der Waals surface area contributed by atoms with Crippen LogP contribution in [0, 0.1) is 0 Å². The van der Waals surface area contributed by atoms with Crippen molar-refractivity contribution in [2.24, 2.45) is 0 Å². The van der Waals surface area contributed by atoms with Crippen molar-refractivity contribution in [1.29, 1.82) is 0 Å². The van der Waals surface area contributed by atoms with Gasteiger partial charge in [0, 0.05) is 12.1 Å². The van der Waals surface area contributed by atoms with E-state index in [1.54, 1.807) is 0 Å². The molecule has 0 bridgehead atoms. The highest BCUT2D eigenvalue weighted by molar-refractivity contribution is 5.87. The Labute approximate surface area is 120 Å². The number of carbonyl (C=O) groups is 1. The van der Waals surface area contributed by atoms with E-state index in [1.165, 1.54) is 11.1 Å². The molecule has 1 heterocycles. The number of carbonyl (C=O) groups excluding carboxylic acids is 1. The van der Waals surface area contributed by atoms with Gasteiger partial charge in [0.15, 0.2) is 0 Å². The second-order valence-electron chi connectivity index (χ2n) is 5.46. The van der Waals surface area contributed by atoms with Crippen LogP contribution < -0.4 is 10.6 Å². The molecule has 3 unspecified atom stereocenters. The standard InChI is InChI=1S/C15H20N2O.ClH/c1-10-14(7-4-8-16-10)17-15(18)13-9-11-5-2-3-6-12(11)13;/h2-3,5-6,10,13-14,16H,4,7-9H2,1H3,(H,17,18);1H. The van der Waals surface area contributed by atoms with Gasteiger partial charge >= 0.3 is 0 Å². The molecular weight excluding hydrogens is 260 g/mol. The van der Waals surface area contributed by atoms with Crippen molar-refractivity contribution >= 4 is 18.3 Å². The van der Waals surface area contributed by atoms with Crippen LogP contribution in [0.4, 0.5) is 0 Å². The van der Waals surface area contributed by atoms with E-state index in [2.05, 4.69) is 29.7 Å². The van der Waals surface area contributed by atoms with Crippen LogP contribution in [0.2, 0.25) is 0 Å². The van der Waals surface area contributed by atoms with Gasteiger partial charge in [-0.05, 0) is 43.9 Å². The number of halogens is 1. The summed E-state index contributed by atoms with van der Waals surface area (Å²) in [5.74, 6) is 0.282. The highest BCUT2D eigenvalue weighted by atomic mass is 35.5. The van der Waals surface area contributed by atoms with Crippen LogP contribution in [0.25, 0.3) is 0 Å². The van der Waals surface area contributed by atoms with Gasteiger partial charge in [0.1, 0.15) is 0 Å². The summed E-state index contributed by atoms with van der Waals surface area (Å²) in [5, 5.41) is 6.63. The van der Waals surface area contributed by atoms with E-state index in [9.17, 15) is 4.79 Å². The summed E-state index contributed by atoms with van der Waals surface area (Å²) in [4.78, 5) is 12.3. The van der Waals surface area contributed by atoms with Gasteiger partial charge in [-0.2, -0.15) is 0 Å². The van der Waals surface area contributed by atoms with Crippen LogP contribution in [0.3, 0.4) is 0 Å². The maximum Gasteiger partial charge on any atom is 0.228 e. The smallest absolute Gasteiger partial charge is 0.228 e. The summed E-state index contributed by atoms with van der Waals surface area (Å²) in [6.07, 6.45) is 3.14. The molecule has 1 aromatic carbocycles. The second-order valence-corrected chi connectivity index (χ2v) is 5.46. The maximum absolute atomic E-state index is 12.3. The highest BCUT2D eigenvalue weighted by Crippen LogP contribution is 2.35. The molecule has 1 aliphatic heterocycles. The van der Waals surface area contributed by atoms with Gasteiger partial charge in [0.2, 0.25) is 5.91 Å². The van der Waals surface area contributed by atoms with Crippen molar-refractivity contribution in [1.82, 2.24) is 10.6 Å². The number of fused-ring (bicyclic) bond motifs is 1. The number of nitrogens with one attached hydrogen (secondary N) is 2. The fourth-order valence-electron chi connectivity index (χ4n) is 3.02. The molecule has 4 heteroatoms. The monoisotopic (exact) mass is 280 g/mol. The minimum atomic E-state index is 0. The molecule has 1 aliphatic carbocycles. The van der Waals surface area contributed by atoms with E-state index in [1.807, 2.05) is 12.1 Å². The number of hydrogen-bond acceptors (Lipinski definition) is 2. The fraction of sp³-hybridized carbons (Fsp3) is 0.533. The molecule has 3 atom stereocenters. The molecule has 0 spiro atoms. The van der Waals surface area contributed by atoms with E-state index in [0.29, 0.717) is 12.1 Å². The zero-order chi connectivity index (χ0) is 12.5. The number of benzene rings is 1. The Morgan fingerprint density at radius 2 is 2.16 bits per heavy atom. The van der Waals surface area contributed by atoms with Gasteiger partial charge in [-0.25, -0.2) is 0 Å². The molecule has 2 N–H and O–H groups in total. The largest absolute Gasteiger partial charge is 0.351 e. The van der Waals surface area contributed by atoms with Gasteiger partial charge in [0.25, 0.3) is 0 Å². The van der Waals surface area contributed by atoms with Crippen molar-refractivity contribution in [3.8, 4) is 0 Å². The first-order chi connectivity index (χ1) is 8.75. The summed E-state index contributed by atoms with van der Waals surface area (Å²) in [6, 6.07) is 8.93. The predicted molar refractivity (Wildman–Crippen MR) is 78.8 cm³/mol. The molecule has 1 fully saturated rings. The lowest BCUT2D eigenvalue weighted by Crippen LogP contribution is -2.53. The third kappa shape index (κ3) is 2.77. The summed E-state index contributed by atoms with van der Waals surface area (Å²) in [7, 11) is 0. The average Bonchev–Trinajstić information content (AvgIpc) is 2.34. The third-order valence-corrected chi connectivity index (χ3v) is 4.26. The lowest BCUT2D eigenvalue weighted by molar-refractivity contribution is -0.124. The molecule has 0 radical (unpaired) electrons. The Morgan fingerprint density at radius 3 is 2.89 bits per heavy atom. The van der Waals surface area contributed by atoms with Crippen LogP contribution in [-0.2, 0) is 11.2 Å². The maximum atomic E-state index is 12.3. The van der Waals surface area contributed by atoms with Crippen LogP contribution in [-0.4, -0.2) is 24.5 Å². The van der Waals surface area contributed by atoms with Gasteiger partial charge in [-0.3, -0.25) is 4.79 Å². The molecule has 0 saturated carbocycles. The van der Waals surface area contributed by atoms with Gasteiger partial charge in [-0.1, -0.05) is 24.3 Å². The van der Waals surface area contributed by atoms with Crippen molar-refractivity contribution in [3.05, 3.63) is 35.4 Å². The third-order valence-electron chi connectivity index (χ3n) is 4.26. The van der Waals surface area contributed by atoms with Crippen molar-refractivity contribution in [2.75, 3.05) is 6.54 Å². The van der Waals surface area contributed by atoms with Crippen molar-refractivity contribution in [2.45, 2.75) is 44.2 Å². The lowest BCUT2D eigenvalue weighted by atomic mass is 9.77. The van der Waals surface area contributed by atoms with Crippen molar-refractivity contribution < 1.29 is 4.79 Å². The zero-order valence-corrected chi connectivity index (χ0v) is 12.0. The Hall–Kier alpha value is -1.06. The van der Waals surface area contributed by atoms with Crippen LogP contribution in [0.15, 0.2) is 24.3 Å². The van der Waals surface area contributed by atoms with E-state index in [-0.39, 0.29) is 24.2 Å². The summed E-state index contributed by atoms with van der Waals surface area (Å²) >= 11 is 0. The Bertz CT molecular complexity index is 463. The van der Waals surface area contributed by atoms with Crippen LogP contribution in [0.1, 0.15) is 36.8 Å². The van der Waals surface area contributed by atoms with E-state index < -0.39 is 0 Å². The molecule has 0 aromatic heterocycles. The first kappa shape index (κ1) is 14.4. The number of hydrogen-bond donors (Lipinski definition) is 2. The molecule has 19 heavy (non-hydrogen) atoms.